The molecule has 104 valence electrons. The normalized spacial score (nSPS) is 22.3. The van der Waals surface area contributed by atoms with Gasteiger partial charge in [-0.3, -0.25) is 0 Å². The fraction of sp³-hybridized carbons (Fsp3) is 0.333. The van der Waals surface area contributed by atoms with E-state index in [9.17, 15) is 5.11 Å². The Labute approximate surface area is 120 Å². The molecule has 1 fully saturated rings. The zero-order chi connectivity index (χ0) is 13.9. The molecule has 3 unspecified atom stereocenters. The van der Waals surface area contributed by atoms with Crippen LogP contribution >= 0.6 is 0 Å². The minimum absolute atomic E-state index is 0.295. The van der Waals surface area contributed by atoms with E-state index >= 15 is 0 Å². The summed E-state index contributed by atoms with van der Waals surface area (Å²) in [4.78, 5) is 0. The average molecular weight is 268 g/mol. The molecule has 2 aromatic rings. The third-order valence-electron chi connectivity index (χ3n) is 4.18. The first-order chi connectivity index (χ1) is 9.79. The van der Waals surface area contributed by atoms with E-state index in [0.29, 0.717) is 18.3 Å². The number of para-hydroxylation sites is 1. The first-order valence-electron chi connectivity index (χ1n) is 7.14. The number of aliphatic hydroxyl groups excluding tert-OH is 1. The number of aliphatic hydroxyl groups is 1. The molecule has 0 aliphatic heterocycles. The monoisotopic (exact) mass is 268 g/mol. The predicted molar refractivity (Wildman–Crippen MR) is 80.0 cm³/mol. The van der Waals surface area contributed by atoms with E-state index in [1.54, 1.807) is 7.11 Å². The lowest BCUT2D eigenvalue weighted by molar-refractivity contribution is 0.148. The van der Waals surface area contributed by atoms with E-state index in [-0.39, 0.29) is 6.10 Å². The van der Waals surface area contributed by atoms with E-state index in [2.05, 4.69) is 24.3 Å². The van der Waals surface area contributed by atoms with Gasteiger partial charge in [-0.1, -0.05) is 48.5 Å². The van der Waals surface area contributed by atoms with Crippen LogP contribution in [0.3, 0.4) is 0 Å². The summed E-state index contributed by atoms with van der Waals surface area (Å²) >= 11 is 0. The van der Waals surface area contributed by atoms with Gasteiger partial charge in [0.25, 0.3) is 0 Å². The lowest BCUT2D eigenvalue weighted by Crippen LogP contribution is -2.14. The van der Waals surface area contributed by atoms with Crippen LogP contribution in [0.15, 0.2) is 54.6 Å². The smallest absolute Gasteiger partial charge is 0.122 e. The number of rotatable bonds is 5. The largest absolute Gasteiger partial charge is 0.496 e. The van der Waals surface area contributed by atoms with Gasteiger partial charge in [0, 0.05) is 6.42 Å². The van der Waals surface area contributed by atoms with Crippen molar-refractivity contribution < 1.29 is 9.84 Å². The van der Waals surface area contributed by atoms with E-state index in [1.807, 2.05) is 30.3 Å². The molecule has 1 N–H and O–H groups in total. The van der Waals surface area contributed by atoms with Crippen molar-refractivity contribution in [3.8, 4) is 5.75 Å². The van der Waals surface area contributed by atoms with Gasteiger partial charge >= 0.3 is 0 Å². The molecule has 20 heavy (non-hydrogen) atoms. The molecule has 0 aromatic heterocycles. The lowest BCUT2D eigenvalue weighted by Gasteiger charge is -2.13. The second kappa shape index (κ2) is 5.68. The van der Waals surface area contributed by atoms with E-state index in [0.717, 1.165) is 17.7 Å². The molecule has 1 saturated carbocycles. The van der Waals surface area contributed by atoms with Gasteiger partial charge in [0.1, 0.15) is 5.75 Å². The highest BCUT2D eigenvalue weighted by Gasteiger charge is 2.43. The highest BCUT2D eigenvalue weighted by atomic mass is 16.5. The molecular weight excluding hydrogens is 248 g/mol. The quantitative estimate of drug-likeness (QED) is 0.900. The Balaban J connectivity index is 1.65. The molecular formula is C18H20O2. The van der Waals surface area contributed by atoms with Crippen LogP contribution in [0, 0.1) is 5.92 Å². The summed E-state index contributed by atoms with van der Waals surface area (Å²) < 4.78 is 5.35. The Bertz CT molecular complexity index is 565. The SMILES string of the molecule is COc1ccccc1CC(O)C1CC1c1ccccc1. The van der Waals surface area contributed by atoms with Gasteiger partial charge in [0.15, 0.2) is 0 Å². The zero-order valence-electron chi connectivity index (χ0n) is 11.7. The van der Waals surface area contributed by atoms with Crippen LogP contribution in [0.4, 0.5) is 0 Å². The van der Waals surface area contributed by atoms with Crippen molar-refractivity contribution in [1.82, 2.24) is 0 Å². The Hall–Kier alpha value is -1.80. The van der Waals surface area contributed by atoms with Gasteiger partial charge in [-0.05, 0) is 35.4 Å². The highest BCUT2D eigenvalue weighted by molar-refractivity contribution is 5.34. The molecule has 0 spiro atoms. The Morgan fingerprint density at radius 2 is 1.80 bits per heavy atom. The van der Waals surface area contributed by atoms with Crippen molar-refractivity contribution in [3.05, 3.63) is 65.7 Å². The predicted octanol–water partition coefficient (Wildman–Crippen LogP) is 3.40. The van der Waals surface area contributed by atoms with Crippen LogP contribution in [0.1, 0.15) is 23.5 Å². The summed E-state index contributed by atoms with van der Waals surface area (Å²) in [6, 6.07) is 18.4. The van der Waals surface area contributed by atoms with E-state index in [1.165, 1.54) is 5.56 Å². The Morgan fingerprint density at radius 1 is 1.10 bits per heavy atom. The first-order valence-corrected chi connectivity index (χ1v) is 7.14. The van der Waals surface area contributed by atoms with Gasteiger partial charge in [0.2, 0.25) is 0 Å². The maximum absolute atomic E-state index is 10.4. The lowest BCUT2D eigenvalue weighted by atomic mass is 10.0. The zero-order valence-corrected chi connectivity index (χ0v) is 11.7. The fourth-order valence-electron chi connectivity index (χ4n) is 2.97. The van der Waals surface area contributed by atoms with Gasteiger partial charge in [0.05, 0.1) is 13.2 Å². The molecule has 0 bridgehead atoms. The second-order valence-electron chi connectivity index (χ2n) is 5.50. The molecule has 0 amide bonds. The second-order valence-corrected chi connectivity index (χ2v) is 5.50. The summed E-state index contributed by atoms with van der Waals surface area (Å²) in [6.07, 6.45) is 1.45. The number of hydrogen-bond donors (Lipinski definition) is 1. The molecule has 2 heteroatoms. The molecule has 3 rings (SSSR count). The topological polar surface area (TPSA) is 29.5 Å². The third-order valence-corrected chi connectivity index (χ3v) is 4.18. The van der Waals surface area contributed by atoms with Crippen molar-refractivity contribution in [1.29, 1.82) is 0 Å². The van der Waals surface area contributed by atoms with Gasteiger partial charge in [-0.2, -0.15) is 0 Å². The van der Waals surface area contributed by atoms with Crippen molar-refractivity contribution in [2.24, 2.45) is 5.92 Å². The molecule has 2 nitrogen and oxygen atoms in total. The van der Waals surface area contributed by atoms with Crippen LogP contribution in [0.5, 0.6) is 5.75 Å². The van der Waals surface area contributed by atoms with Gasteiger partial charge in [-0.15, -0.1) is 0 Å². The van der Waals surface area contributed by atoms with E-state index < -0.39 is 0 Å². The first kappa shape index (κ1) is 13.2. The molecule has 0 saturated heterocycles. The number of methoxy groups -OCH3 is 1. The van der Waals surface area contributed by atoms with Crippen LogP contribution in [0.2, 0.25) is 0 Å². The summed E-state index contributed by atoms with van der Waals surface area (Å²) in [5.74, 6) is 1.76. The van der Waals surface area contributed by atoms with Crippen molar-refractivity contribution >= 4 is 0 Å². The van der Waals surface area contributed by atoms with Crippen LogP contribution in [0.25, 0.3) is 0 Å². The summed E-state index contributed by atoms with van der Waals surface area (Å²) in [5.41, 5.74) is 2.43. The highest BCUT2D eigenvalue weighted by Crippen LogP contribution is 2.50. The number of hydrogen-bond acceptors (Lipinski definition) is 2. The van der Waals surface area contributed by atoms with Crippen molar-refractivity contribution in [3.63, 3.8) is 0 Å². The standard InChI is InChI=1S/C18H20O2/c1-20-18-10-6-5-9-14(18)11-17(19)16-12-15(16)13-7-3-2-4-8-13/h2-10,15-17,19H,11-12H2,1H3. The maximum atomic E-state index is 10.4. The summed E-state index contributed by atoms with van der Waals surface area (Å²) in [5, 5.41) is 10.4. The average Bonchev–Trinajstić information content (AvgIpc) is 3.29. The number of benzene rings is 2. The van der Waals surface area contributed by atoms with Crippen molar-refractivity contribution in [2.75, 3.05) is 7.11 Å². The Kier molecular flexibility index (Phi) is 3.75. The minimum Gasteiger partial charge on any atom is -0.496 e. The fourth-order valence-corrected chi connectivity index (χ4v) is 2.97. The van der Waals surface area contributed by atoms with Gasteiger partial charge < -0.3 is 9.84 Å². The number of ether oxygens (including phenoxy) is 1. The summed E-state index contributed by atoms with van der Waals surface area (Å²) in [6.45, 7) is 0. The molecule has 2 aromatic carbocycles. The van der Waals surface area contributed by atoms with Crippen LogP contribution < -0.4 is 4.74 Å². The van der Waals surface area contributed by atoms with Crippen molar-refractivity contribution in [2.45, 2.75) is 24.9 Å². The van der Waals surface area contributed by atoms with Gasteiger partial charge in [-0.25, -0.2) is 0 Å². The van der Waals surface area contributed by atoms with E-state index in [4.69, 9.17) is 4.74 Å². The summed E-state index contributed by atoms with van der Waals surface area (Å²) in [7, 11) is 1.68. The third kappa shape index (κ3) is 2.70. The molecule has 0 heterocycles. The Morgan fingerprint density at radius 3 is 2.55 bits per heavy atom. The van der Waals surface area contributed by atoms with Crippen LogP contribution in [-0.2, 0) is 6.42 Å². The molecule has 1 aliphatic rings. The molecule has 0 radical (unpaired) electrons. The molecule has 1 aliphatic carbocycles. The maximum Gasteiger partial charge on any atom is 0.122 e. The minimum atomic E-state index is -0.295. The molecule has 3 atom stereocenters. The van der Waals surface area contributed by atoms with Crippen LogP contribution in [-0.4, -0.2) is 18.3 Å².